The van der Waals surface area contributed by atoms with Gasteiger partial charge in [0, 0.05) is 31.2 Å². The molecule has 0 bridgehead atoms. The Labute approximate surface area is 160 Å². The zero-order chi connectivity index (χ0) is 19.8. The lowest BCUT2D eigenvalue weighted by molar-refractivity contribution is -0.140. The lowest BCUT2D eigenvalue weighted by Gasteiger charge is -2.38. The Morgan fingerprint density at radius 1 is 1.22 bits per heavy atom. The first kappa shape index (κ1) is 20.7. The van der Waals surface area contributed by atoms with Crippen molar-refractivity contribution < 1.29 is 23.9 Å². The first-order valence-corrected chi connectivity index (χ1v) is 9.32. The predicted molar refractivity (Wildman–Crippen MR) is 100 cm³/mol. The molecule has 0 unspecified atom stereocenters. The summed E-state index contributed by atoms with van der Waals surface area (Å²) in [7, 11) is 1.34. The van der Waals surface area contributed by atoms with E-state index < -0.39 is 0 Å². The lowest BCUT2D eigenvalue weighted by Crippen LogP contribution is -2.49. The van der Waals surface area contributed by atoms with Crippen LogP contribution in [0, 0.1) is 6.92 Å². The third kappa shape index (κ3) is 5.70. The zero-order valence-electron chi connectivity index (χ0n) is 16.3. The predicted octanol–water partition coefficient (Wildman–Crippen LogP) is 2.62. The van der Waals surface area contributed by atoms with E-state index in [1.807, 2.05) is 25.1 Å². The van der Waals surface area contributed by atoms with Crippen molar-refractivity contribution >= 4 is 18.0 Å². The van der Waals surface area contributed by atoms with Crippen molar-refractivity contribution in [3.05, 3.63) is 35.4 Å². The Morgan fingerprint density at radius 3 is 2.52 bits per heavy atom. The van der Waals surface area contributed by atoms with Crippen molar-refractivity contribution in [2.45, 2.75) is 39.2 Å². The molecule has 0 aromatic heterocycles. The molecule has 1 aliphatic heterocycles. The Bertz CT molecular complexity index is 668. The summed E-state index contributed by atoms with van der Waals surface area (Å²) < 4.78 is 9.77. The first-order chi connectivity index (χ1) is 13.0. The van der Waals surface area contributed by atoms with E-state index in [1.54, 1.807) is 22.8 Å². The van der Waals surface area contributed by atoms with E-state index in [9.17, 15) is 14.4 Å². The second-order valence-electron chi connectivity index (χ2n) is 6.61. The number of nitrogens with zero attached hydrogens (tertiary/aromatic N) is 2. The van der Waals surface area contributed by atoms with Crippen LogP contribution in [0.4, 0.5) is 4.79 Å². The third-order valence-corrected chi connectivity index (χ3v) is 4.74. The second-order valence-corrected chi connectivity index (χ2v) is 6.61. The normalized spacial score (nSPS) is 14.6. The van der Waals surface area contributed by atoms with Gasteiger partial charge in [-0.25, -0.2) is 4.79 Å². The molecule has 7 nitrogen and oxygen atoms in total. The molecule has 2 amide bonds. The maximum Gasteiger partial charge on any atom is 0.409 e. The molecule has 27 heavy (non-hydrogen) atoms. The molecule has 0 atom stereocenters. The standard InChI is InChI=1S/C20H28N2O5/c1-4-27-20(25)21-11-8-17(9-12-21)22(13-10-18(23)26-3)19(24)16-7-5-6-15(2)14-16/h5-7,14,17H,4,8-13H2,1-3H3. The van der Waals surface area contributed by atoms with Crippen LogP contribution in [0.5, 0.6) is 0 Å². The van der Waals surface area contributed by atoms with Gasteiger partial charge < -0.3 is 19.3 Å². The van der Waals surface area contributed by atoms with Gasteiger partial charge in [-0.3, -0.25) is 9.59 Å². The minimum Gasteiger partial charge on any atom is -0.469 e. The van der Waals surface area contributed by atoms with Crippen LogP contribution >= 0.6 is 0 Å². The maximum absolute atomic E-state index is 13.1. The largest absolute Gasteiger partial charge is 0.469 e. The van der Waals surface area contributed by atoms with E-state index in [4.69, 9.17) is 9.47 Å². The molecule has 1 aromatic rings. The number of likely N-dealkylation sites (tertiary alicyclic amines) is 1. The highest BCUT2D eigenvalue weighted by Gasteiger charge is 2.31. The topological polar surface area (TPSA) is 76.2 Å². The number of hydrogen-bond donors (Lipinski definition) is 0. The highest BCUT2D eigenvalue weighted by molar-refractivity contribution is 5.94. The summed E-state index contributed by atoms with van der Waals surface area (Å²) in [4.78, 5) is 40.0. The average molecular weight is 376 g/mol. The summed E-state index contributed by atoms with van der Waals surface area (Å²) in [5.41, 5.74) is 1.61. The van der Waals surface area contributed by atoms with Crippen LogP contribution in [0.25, 0.3) is 0 Å². The number of piperidine rings is 1. The van der Waals surface area contributed by atoms with Crippen LogP contribution < -0.4 is 0 Å². The number of amides is 2. The number of esters is 1. The number of carbonyl (C=O) groups is 3. The molecule has 0 spiro atoms. The van der Waals surface area contributed by atoms with Gasteiger partial charge in [-0.1, -0.05) is 17.7 Å². The number of methoxy groups -OCH3 is 1. The fourth-order valence-corrected chi connectivity index (χ4v) is 3.28. The molecule has 0 saturated carbocycles. The highest BCUT2D eigenvalue weighted by Crippen LogP contribution is 2.20. The fourth-order valence-electron chi connectivity index (χ4n) is 3.28. The Balaban J connectivity index is 2.09. The van der Waals surface area contributed by atoms with Gasteiger partial charge in [0.25, 0.3) is 5.91 Å². The van der Waals surface area contributed by atoms with Crippen molar-refractivity contribution in [2.75, 3.05) is 33.4 Å². The van der Waals surface area contributed by atoms with E-state index in [1.165, 1.54) is 7.11 Å². The van der Waals surface area contributed by atoms with Crippen molar-refractivity contribution in [3.63, 3.8) is 0 Å². The van der Waals surface area contributed by atoms with Gasteiger partial charge in [0.05, 0.1) is 20.1 Å². The van der Waals surface area contributed by atoms with Crippen molar-refractivity contribution in [1.29, 1.82) is 0 Å². The molecule has 1 aromatic carbocycles. The lowest BCUT2D eigenvalue weighted by atomic mass is 10.0. The molecule has 148 valence electrons. The monoisotopic (exact) mass is 376 g/mol. The molecular weight excluding hydrogens is 348 g/mol. The van der Waals surface area contributed by atoms with Crippen molar-refractivity contribution in [3.8, 4) is 0 Å². The van der Waals surface area contributed by atoms with E-state index in [-0.39, 0.29) is 30.4 Å². The highest BCUT2D eigenvalue weighted by atomic mass is 16.6. The van der Waals surface area contributed by atoms with Crippen LogP contribution in [0.1, 0.15) is 42.1 Å². The molecule has 1 heterocycles. The number of ether oxygens (including phenoxy) is 2. The average Bonchev–Trinajstić information content (AvgIpc) is 2.68. The molecule has 1 fully saturated rings. The Morgan fingerprint density at radius 2 is 1.93 bits per heavy atom. The number of carbonyl (C=O) groups excluding carboxylic acids is 3. The fraction of sp³-hybridized carbons (Fsp3) is 0.550. The van der Waals surface area contributed by atoms with E-state index in [2.05, 4.69) is 0 Å². The summed E-state index contributed by atoms with van der Waals surface area (Å²) >= 11 is 0. The van der Waals surface area contributed by atoms with Gasteiger partial charge in [0.2, 0.25) is 0 Å². The Kier molecular flexibility index (Phi) is 7.64. The third-order valence-electron chi connectivity index (χ3n) is 4.74. The molecule has 0 aliphatic carbocycles. The number of aryl methyl sites for hydroxylation is 1. The van der Waals surface area contributed by atoms with Crippen LogP contribution in [-0.4, -0.2) is 67.2 Å². The van der Waals surface area contributed by atoms with Crippen LogP contribution in [0.2, 0.25) is 0 Å². The minimum atomic E-state index is -0.346. The van der Waals surface area contributed by atoms with Crippen LogP contribution in [0.3, 0.4) is 0 Å². The van der Waals surface area contributed by atoms with Gasteiger partial charge in [0.15, 0.2) is 0 Å². The molecule has 7 heteroatoms. The zero-order valence-corrected chi connectivity index (χ0v) is 16.3. The van der Waals surface area contributed by atoms with Gasteiger partial charge in [-0.15, -0.1) is 0 Å². The molecule has 0 radical (unpaired) electrons. The van der Waals surface area contributed by atoms with Crippen LogP contribution in [0.15, 0.2) is 24.3 Å². The summed E-state index contributed by atoms with van der Waals surface area (Å²) in [5, 5.41) is 0. The molecule has 1 aliphatic rings. The number of rotatable bonds is 6. The molecule has 0 N–H and O–H groups in total. The number of benzene rings is 1. The van der Waals surface area contributed by atoms with Gasteiger partial charge >= 0.3 is 12.1 Å². The van der Waals surface area contributed by atoms with Gasteiger partial charge in [0.1, 0.15) is 0 Å². The van der Waals surface area contributed by atoms with E-state index >= 15 is 0 Å². The summed E-state index contributed by atoms with van der Waals surface area (Å²) in [6.45, 7) is 5.41. The van der Waals surface area contributed by atoms with E-state index in [0.717, 1.165) is 5.56 Å². The van der Waals surface area contributed by atoms with Crippen molar-refractivity contribution in [2.24, 2.45) is 0 Å². The van der Waals surface area contributed by atoms with Gasteiger partial charge in [-0.2, -0.15) is 0 Å². The second kappa shape index (κ2) is 9.94. The Hall–Kier alpha value is -2.57. The molecule has 1 saturated heterocycles. The molecule has 2 rings (SSSR count). The smallest absolute Gasteiger partial charge is 0.409 e. The summed E-state index contributed by atoms with van der Waals surface area (Å²) in [6.07, 6.45) is 1.13. The quantitative estimate of drug-likeness (QED) is 0.714. The summed E-state index contributed by atoms with van der Waals surface area (Å²) in [6, 6.07) is 7.39. The SMILES string of the molecule is CCOC(=O)N1CCC(N(CCC(=O)OC)C(=O)c2cccc(C)c2)CC1. The minimum absolute atomic E-state index is 0.0339. The summed E-state index contributed by atoms with van der Waals surface area (Å²) in [5.74, 6) is -0.446. The van der Waals surface area contributed by atoms with Crippen molar-refractivity contribution in [1.82, 2.24) is 9.80 Å². The molecular formula is C20H28N2O5. The van der Waals surface area contributed by atoms with Crippen LogP contribution in [-0.2, 0) is 14.3 Å². The number of hydrogen-bond acceptors (Lipinski definition) is 5. The van der Waals surface area contributed by atoms with E-state index in [0.29, 0.717) is 44.6 Å². The van der Waals surface area contributed by atoms with Gasteiger partial charge in [-0.05, 0) is 38.8 Å². The maximum atomic E-state index is 13.1. The first-order valence-electron chi connectivity index (χ1n) is 9.32.